The molecule has 3 heteroatoms. The van der Waals surface area contributed by atoms with Crippen molar-refractivity contribution in [1.29, 1.82) is 5.26 Å². The average molecular weight is 174 g/mol. The van der Waals surface area contributed by atoms with Crippen molar-refractivity contribution in [2.45, 2.75) is 6.04 Å². The Hall–Kier alpha value is -1.84. The van der Waals surface area contributed by atoms with Gasteiger partial charge in [0.25, 0.3) is 0 Å². The molecule has 0 aliphatic rings. The summed E-state index contributed by atoms with van der Waals surface area (Å²) in [5.41, 5.74) is 5.58. The number of hydrogen-bond acceptors (Lipinski definition) is 2. The van der Waals surface area contributed by atoms with Crippen molar-refractivity contribution in [3.63, 3.8) is 0 Å². The standard InChI is InChI=1S/C10H7FN2/c1-2-9(13)8-5-3-4-7(6-12)10(8)11/h1,3-5,9H,13H2/t9-/m1/s1. The summed E-state index contributed by atoms with van der Waals surface area (Å²) in [6.07, 6.45) is 5.04. The Labute approximate surface area is 75.8 Å². The summed E-state index contributed by atoms with van der Waals surface area (Å²) in [5.74, 6) is 1.57. The first-order valence-corrected chi connectivity index (χ1v) is 3.61. The molecule has 1 aromatic rings. The maximum absolute atomic E-state index is 13.3. The van der Waals surface area contributed by atoms with Gasteiger partial charge in [0, 0.05) is 5.56 Å². The molecule has 64 valence electrons. The van der Waals surface area contributed by atoms with Gasteiger partial charge >= 0.3 is 0 Å². The Morgan fingerprint density at radius 3 is 2.77 bits per heavy atom. The fourth-order valence-electron chi connectivity index (χ4n) is 0.966. The summed E-state index contributed by atoms with van der Waals surface area (Å²) in [7, 11) is 0. The molecule has 1 atom stereocenters. The number of nitrogens with zero attached hydrogens (tertiary/aromatic N) is 1. The van der Waals surface area contributed by atoms with Crippen molar-refractivity contribution in [2.75, 3.05) is 0 Å². The Morgan fingerprint density at radius 1 is 1.54 bits per heavy atom. The molecule has 0 saturated heterocycles. The molecule has 0 fully saturated rings. The van der Waals surface area contributed by atoms with Crippen LogP contribution in [0.15, 0.2) is 18.2 Å². The van der Waals surface area contributed by atoms with Gasteiger partial charge in [-0.25, -0.2) is 4.39 Å². The maximum atomic E-state index is 13.3. The molecule has 0 aromatic heterocycles. The first-order chi connectivity index (χ1) is 6.20. The summed E-state index contributed by atoms with van der Waals surface area (Å²) in [5, 5.41) is 8.51. The van der Waals surface area contributed by atoms with E-state index in [-0.39, 0.29) is 11.1 Å². The van der Waals surface area contributed by atoms with Crippen molar-refractivity contribution >= 4 is 0 Å². The van der Waals surface area contributed by atoms with Gasteiger partial charge in [-0.05, 0) is 6.07 Å². The molecule has 0 bridgehead atoms. The molecular weight excluding hydrogens is 167 g/mol. The number of nitrogens with two attached hydrogens (primary N) is 1. The Kier molecular flexibility index (Phi) is 2.64. The van der Waals surface area contributed by atoms with E-state index in [0.717, 1.165) is 0 Å². The van der Waals surface area contributed by atoms with Crippen LogP contribution in [-0.2, 0) is 0 Å². The van der Waals surface area contributed by atoms with Crippen LogP contribution < -0.4 is 5.73 Å². The minimum atomic E-state index is -0.798. The van der Waals surface area contributed by atoms with Gasteiger partial charge in [0.15, 0.2) is 0 Å². The van der Waals surface area contributed by atoms with E-state index in [4.69, 9.17) is 17.4 Å². The van der Waals surface area contributed by atoms with E-state index in [1.807, 2.05) is 0 Å². The van der Waals surface area contributed by atoms with Crippen LogP contribution in [0.2, 0.25) is 0 Å². The lowest BCUT2D eigenvalue weighted by molar-refractivity contribution is 0.600. The first kappa shape index (κ1) is 9.25. The van der Waals surface area contributed by atoms with Crippen LogP contribution in [0.5, 0.6) is 0 Å². The molecule has 1 aromatic carbocycles. The zero-order chi connectivity index (χ0) is 9.84. The topological polar surface area (TPSA) is 49.8 Å². The molecule has 0 spiro atoms. The van der Waals surface area contributed by atoms with E-state index < -0.39 is 11.9 Å². The van der Waals surface area contributed by atoms with Gasteiger partial charge in [-0.15, -0.1) is 6.42 Å². The zero-order valence-electron chi connectivity index (χ0n) is 6.79. The number of terminal acetylenes is 1. The molecule has 2 nitrogen and oxygen atoms in total. The van der Waals surface area contributed by atoms with Crippen LogP contribution in [0.1, 0.15) is 17.2 Å². The number of hydrogen-bond donors (Lipinski definition) is 1. The van der Waals surface area contributed by atoms with E-state index in [1.54, 1.807) is 12.1 Å². The van der Waals surface area contributed by atoms with Gasteiger partial charge < -0.3 is 5.73 Å². The maximum Gasteiger partial charge on any atom is 0.146 e. The van der Waals surface area contributed by atoms with Crippen molar-refractivity contribution in [3.8, 4) is 18.4 Å². The Bertz CT molecular complexity index is 398. The van der Waals surface area contributed by atoms with E-state index in [1.165, 1.54) is 12.1 Å². The highest BCUT2D eigenvalue weighted by Crippen LogP contribution is 2.17. The predicted octanol–water partition coefficient (Wildman–Crippen LogP) is 1.33. The lowest BCUT2D eigenvalue weighted by atomic mass is 10.0. The summed E-state index contributed by atoms with van der Waals surface area (Å²) >= 11 is 0. The average Bonchev–Trinajstić information content (AvgIpc) is 2.17. The Balaban J connectivity index is 3.27. The summed E-state index contributed by atoms with van der Waals surface area (Å²) in [4.78, 5) is 0. The van der Waals surface area contributed by atoms with Gasteiger partial charge in [0.1, 0.15) is 11.9 Å². The molecule has 0 amide bonds. The number of rotatable bonds is 1. The van der Waals surface area contributed by atoms with E-state index in [9.17, 15) is 4.39 Å². The number of nitriles is 1. The number of halogens is 1. The van der Waals surface area contributed by atoms with Crippen LogP contribution in [0.3, 0.4) is 0 Å². The van der Waals surface area contributed by atoms with Crippen LogP contribution in [0.4, 0.5) is 4.39 Å². The molecule has 1 rings (SSSR count). The molecule has 2 N–H and O–H groups in total. The number of benzene rings is 1. The van der Waals surface area contributed by atoms with Gasteiger partial charge in [0.05, 0.1) is 11.6 Å². The molecule has 13 heavy (non-hydrogen) atoms. The SMILES string of the molecule is C#C[C@@H](N)c1cccc(C#N)c1F. The van der Waals surface area contributed by atoms with Gasteiger partial charge in [-0.3, -0.25) is 0 Å². The van der Waals surface area contributed by atoms with Gasteiger partial charge in [0.2, 0.25) is 0 Å². The molecule has 0 heterocycles. The molecule has 0 unspecified atom stereocenters. The molecule has 0 saturated carbocycles. The smallest absolute Gasteiger partial charge is 0.146 e. The first-order valence-electron chi connectivity index (χ1n) is 3.61. The fourth-order valence-corrected chi connectivity index (χ4v) is 0.966. The van der Waals surface area contributed by atoms with Gasteiger partial charge in [-0.2, -0.15) is 5.26 Å². The zero-order valence-corrected chi connectivity index (χ0v) is 6.79. The van der Waals surface area contributed by atoms with Crippen LogP contribution in [0, 0.1) is 29.5 Å². The van der Waals surface area contributed by atoms with Gasteiger partial charge in [-0.1, -0.05) is 18.1 Å². The van der Waals surface area contributed by atoms with E-state index in [0.29, 0.717) is 0 Å². The Morgan fingerprint density at radius 2 is 2.23 bits per heavy atom. The van der Waals surface area contributed by atoms with Crippen LogP contribution in [-0.4, -0.2) is 0 Å². The van der Waals surface area contributed by atoms with Crippen molar-refractivity contribution in [1.82, 2.24) is 0 Å². The van der Waals surface area contributed by atoms with Crippen molar-refractivity contribution in [3.05, 3.63) is 35.1 Å². The monoisotopic (exact) mass is 174 g/mol. The highest BCUT2D eigenvalue weighted by molar-refractivity contribution is 5.38. The minimum Gasteiger partial charge on any atom is -0.314 e. The minimum absolute atomic E-state index is 0.0387. The third kappa shape index (κ3) is 1.66. The molecule has 0 aliphatic heterocycles. The van der Waals surface area contributed by atoms with Crippen LogP contribution in [0.25, 0.3) is 0 Å². The molecular formula is C10H7FN2. The summed E-state index contributed by atoms with van der Waals surface area (Å²) in [6, 6.07) is 5.32. The largest absolute Gasteiger partial charge is 0.314 e. The second kappa shape index (κ2) is 3.71. The predicted molar refractivity (Wildman–Crippen MR) is 46.9 cm³/mol. The van der Waals surface area contributed by atoms with Crippen LogP contribution >= 0.6 is 0 Å². The fraction of sp³-hybridized carbons (Fsp3) is 0.100. The van der Waals surface area contributed by atoms with E-state index >= 15 is 0 Å². The third-order valence-corrected chi connectivity index (χ3v) is 1.66. The second-order valence-electron chi connectivity index (χ2n) is 2.46. The third-order valence-electron chi connectivity index (χ3n) is 1.66. The quantitative estimate of drug-likeness (QED) is 0.653. The lowest BCUT2D eigenvalue weighted by Gasteiger charge is -2.06. The van der Waals surface area contributed by atoms with E-state index in [2.05, 4.69) is 5.92 Å². The highest BCUT2D eigenvalue weighted by Gasteiger charge is 2.11. The normalized spacial score (nSPS) is 11.4. The highest BCUT2D eigenvalue weighted by atomic mass is 19.1. The van der Waals surface area contributed by atoms with Crippen molar-refractivity contribution < 1.29 is 4.39 Å². The van der Waals surface area contributed by atoms with Crippen molar-refractivity contribution in [2.24, 2.45) is 5.73 Å². The molecule has 0 radical (unpaired) electrons. The lowest BCUT2D eigenvalue weighted by Crippen LogP contribution is -2.10. The molecule has 0 aliphatic carbocycles. The summed E-state index contributed by atoms with van der Waals surface area (Å²) < 4.78 is 13.3. The summed E-state index contributed by atoms with van der Waals surface area (Å²) in [6.45, 7) is 0. The second-order valence-corrected chi connectivity index (χ2v) is 2.46.